The summed E-state index contributed by atoms with van der Waals surface area (Å²) in [6.45, 7) is 1.91. The Hall–Kier alpha value is -1.91. The van der Waals surface area contributed by atoms with Crippen molar-refractivity contribution in [3.8, 4) is 6.07 Å². The van der Waals surface area contributed by atoms with Crippen LogP contribution in [0.1, 0.15) is 51.0 Å². The van der Waals surface area contributed by atoms with Crippen LogP contribution in [0, 0.1) is 29.1 Å². The first-order chi connectivity index (χ1) is 13.4. The van der Waals surface area contributed by atoms with Gasteiger partial charge in [0.05, 0.1) is 23.1 Å². The minimum Gasteiger partial charge on any atom is -0.352 e. The molecule has 3 fully saturated rings. The Morgan fingerprint density at radius 2 is 1.93 bits per heavy atom. The molecule has 1 amide bonds. The first-order valence-electron chi connectivity index (χ1n) is 10.2. The highest BCUT2D eigenvalue weighted by Gasteiger charge is 2.43. The first kappa shape index (κ1) is 19.4. The van der Waals surface area contributed by atoms with Crippen molar-refractivity contribution in [1.82, 2.24) is 9.62 Å². The van der Waals surface area contributed by atoms with Crippen LogP contribution in [-0.2, 0) is 14.8 Å². The van der Waals surface area contributed by atoms with E-state index in [-0.39, 0.29) is 29.4 Å². The van der Waals surface area contributed by atoms with Crippen molar-refractivity contribution in [1.29, 1.82) is 5.26 Å². The molecule has 3 saturated carbocycles. The molecule has 0 aromatic heterocycles. The molecule has 3 aliphatic rings. The van der Waals surface area contributed by atoms with Crippen molar-refractivity contribution < 1.29 is 13.2 Å². The van der Waals surface area contributed by atoms with E-state index < -0.39 is 10.0 Å². The van der Waals surface area contributed by atoms with E-state index in [1.54, 1.807) is 0 Å². The summed E-state index contributed by atoms with van der Waals surface area (Å²) in [5.41, 5.74) is 0.411. The van der Waals surface area contributed by atoms with Crippen LogP contribution in [0.15, 0.2) is 29.2 Å². The summed E-state index contributed by atoms with van der Waals surface area (Å²) in [5.74, 6) is 1.82. The fourth-order valence-corrected chi connectivity index (χ4v) is 6.71. The lowest BCUT2D eigenvalue weighted by molar-refractivity contribution is -0.122. The minimum atomic E-state index is -3.76. The van der Waals surface area contributed by atoms with Crippen molar-refractivity contribution in [3.05, 3.63) is 29.8 Å². The number of nitriles is 1. The molecule has 6 nitrogen and oxygen atoms in total. The largest absolute Gasteiger partial charge is 0.352 e. The summed E-state index contributed by atoms with van der Waals surface area (Å²) >= 11 is 0. The van der Waals surface area contributed by atoms with Crippen LogP contribution in [0.25, 0.3) is 0 Å². The van der Waals surface area contributed by atoms with E-state index in [2.05, 4.69) is 12.2 Å². The van der Waals surface area contributed by atoms with Gasteiger partial charge in [0.15, 0.2) is 0 Å². The van der Waals surface area contributed by atoms with Crippen molar-refractivity contribution in [2.75, 3.05) is 6.54 Å². The quantitative estimate of drug-likeness (QED) is 0.760. The van der Waals surface area contributed by atoms with Crippen LogP contribution in [0.4, 0.5) is 0 Å². The molecule has 1 aromatic carbocycles. The lowest BCUT2D eigenvalue weighted by atomic mass is 9.84. The van der Waals surface area contributed by atoms with E-state index in [0.717, 1.165) is 18.8 Å². The third kappa shape index (κ3) is 3.81. The molecular formula is C21H27N3O3S. The standard InChI is InChI=1S/C21H27N3O3S/c1-14(20-11-16-2-5-17(20)10-16)23-21(25)13-24(18-6-7-18)28(26,27)19-8-3-15(12-22)4-9-19/h3-4,8-9,14,16-18,20H,2,5-7,10-11,13H2,1H3,(H,23,25)/t14-,16+,17+,20-/m0/s1. The second-order valence-corrected chi connectivity index (χ2v) is 10.5. The predicted molar refractivity (Wildman–Crippen MR) is 105 cm³/mol. The summed E-state index contributed by atoms with van der Waals surface area (Å²) < 4.78 is 27.4. The average molecular weight is 402 g/mol. The molecule has 0 unspecified atom stereocenters. The molecule has 0 aliphatic heterocycles. The van der Waals surface area contributed by atoms with Crippen LogP contribution in [0.5, 0.6) is 0 Å². The summed E-state index contributed by atoms with van der Waals surface area (Å²) in [6.07, 6.45) is 6.61. The molecule has 0 heterocycles. The van der Waals surface area contributed by atoms with Crippen molar-refractivity contribution in [2.45, 2.75) is 62.4 Å². The van der Waals surface area contributed by atoms with Gasteiger partial charge < -0.3 is 5.32 Å². The number of fused-ring (bicyclic) bond motifs is 2. The molecule has 0 radical (unpaired) electrons. The Morgan fingerprint density at radius 3 is 2.46 bits per heavy atom. The monoisotopic (exact) mass is 401 g/mol. The van der Waals surface area contributed by atoms with Gasteiger partial charge in [-0.2, -0.15) is 9.57 Å². The van der Waals surface area contributed by atoms with Gasteiger partial charge in [0, 0.05) is 12.1 Å². The second kappa shape index (κ2) is 7.49. The van der Waals surface area contributed by atoms with E-state index in [0.29, 0.717) is 17.4 Å². The second-order valence-electron chi connectivity index (χ2n) is 8.61. The molecule has 1 N–H and O–H groups in total. The Morgan fingerprint density at radius 1 is 1.21 bits per heavy atom. The van der Waals surface area contributed by atoms with Crippen LogP contribution < -0.4 is 5.32 Å². The summed E-state index contributed by atoms with van der Waals surface area (Å²) in [4.78, 5) is 12.8. The molecular weight excluding hydrogens is 374 g/mol. The fraction of sp³-hybridized carbons (Fsp3) is 0.619. The SMILES string of the molecule is C[C@H](NC(=O)CN(C1CC1)S(=O)(=O)c1ccc(C#N)cc1)[C@@H]1C[C@@H]2CC[C@@H]1C2. The number of hydrogen-bond acceptors (Lipinski definition) is 4. The number of hydrogen-bond donors (Lipinski definition) is 1. The van der Waals surface area contributed by atoms with Crippen LogP contribution in [0.2, 0.25) is 0 Å². The molecule has 0 spiro atoms. The molecule has 28 heavy (non-hydrogen) atoms. The van der Waals surface area contributed by atoms with E-state index in [4.69, 9.17) is 5.26 Å². The number of benzene rings is 1. The van der Waals surface area contributed by atoms with Crippen LogP contribution in [0.3, 0.4) is 0 Å². The summed E-state index contributed by atoms with van der Waals surface area (Å²) in [5, 5.41) is 12.0. The van der Waals surface area contributed by atoms with E-state index in [1.165, 1.54) is 54.3 Å². The van der Waals surface area contributed by atoms with Gasteiger partial charge in [0.25, 0.3) is 0 Å². The Bertz CT molecular complexity index is 886. The van der Waals surface area contributed by atoms with Crippen molar-refractivity contribution in [3.63, 3.8) is 0 Å². The lowest BCUT2D eigenvalue weighted by Gasteiger charge is -2.29. The zero-order chi connectivity index (χ0) is 19.9. The van der Waals surface area contributed by atoms with E-state index in [9.17, 15) is 13.2 Å². The molecule has 150 valence electrons. The van der Waals surface area contributed by atoms with Gasteiger partial charge in [-0.25, -0.2) is 8.42 Å². The Kier molecular flexibility index (Phi) is 5.19. The minimum absolute atomic E-state index is 0.0847. The van der Waals surface area contributed by atoms with E-state index in [1.807, 2.05) is 6.07 Å². The van der Waals surface area contributed by atoms with Gasteiger partial charge in [-0.05, 0) is 81.0 Å². The van der Waals surface area contributed by atoms with E-state index >= 15 is 0 Å². The zero-order valence-corrected chi connectivity index (χ0v) is 17.0. The molecule has 0 saturated heterocycles. The van der Waals surface area contributed by atoms with Gasteiger partial charge in [-0.15, -0.1) is 0 Å². The molecule has 1 aromatic rings. The van der Waals surface area contributed by atoms with Crippen molar-refractivity contribution in [2.24, 2.45) is 17.8 Å². The molecule has 7 heteroatoms. The van der Waals surface area contributed by atoms with Crippen LogP contribution in [-0.4, -0.2) is 37.3 Å². The maximum Gasteiger partial charge on any atom is 0.243 e. The smallest absolute Gasteiger partial charge is 0.243 e. The number of nitrogens with one attached hydrogen (secondary N) is 1. The number of nitrogens with zero attached hydrogens (tertiary/aromatic N) is 2. The highest BCUT2D eigenvalue weighted by molar-refractivity contribution is 7.89. The normalized spacial score (nSPS) is 27.5. The third-order valence-electron chi connectivity index (χ3n) is 6.67. The topological polar surface area (TPSA) is 90.3 Å². The highest BCUT2D eigenvalue weighted by Crippen LogP contribution is 2.49. The lowest BCUT2D eigenvalue weighted by Crippen LogP contribution is -2.47. The van der Waals surface area contributed by atoms with Gasteiger partial charge in [-0.1, -0.05) is 6.42 Å². The Labute approximate surface area is 167 Å². The molecule has 2 bridgehead atoms. The maximum absolute atomic E-state index is 13.1. The third-order valence-corrected chi connectivity index (χ3v) is 8.58. The Balaban J connectivity index is 1.43. The highest BCUT2D eigenvalue weighted by atomic mass is 32.2. The van der Waals surface area contributed by atoms with Gasteiger partial charge in [0.1, 0.15) is 0 Å². The van der Waals surface area contributed by atoms with Gasteiger partial charge in [0.2, 0.25) is 15.9 Å². The number of amides is 1. The fourth-order valence-electron chi connectivity index (χ4n) is 5.06. The number of carbonyl (C=O) groups excluding carboxylic acids is 1. The summed E-state index contributed by atoms with van der Waals surface area (Å²) in [7, 11) is -3.76. The first-order valence-corrected chi connectivity index (χ1v) is 11.6. The van der Waals surface area contributed by atoms with Gasteiger partial charge in [-0.3, -0.25) is 4.79 Å². The van der Waals surface area contributed by atoms with Gasteiger partial charge >= 0.3 is 0 Å². The summed E-state index contributed by atoms with van der Waals surface area (Å²) in [6, 6.07) is 7.84. The number of carbonyl (C=O) groups is 1. The zero-order valence-electron chi connectivity index (χ0n) is 16.2. The molecule has 4 rings (SSSR count). The molecule has 4 atom stereocenters. The predicted octanol–water partition coefficient (Wildman–Crippen LogP) is 2.65. The number of rotatable bonds is 7. The van der Waals surface area contributed by atoms with Crippen molar-refractivity contribution >= 4 is 15.9 Å². The maximum atomic E-state index is 13.1. The molecule has 3 aliphatic carbocycles. The number of sulfonamides is 1. The van der Waals surface area contributed by atoms with Crippen LogP contribution >= 0.6 is 0 Å². The average Bonchev–Trinajstić information content (AvgIpc) is 3.29.